The number of sulfonamides is 1. The molecule has 29 heavy (non-hydrogen) atoms. The van der Waals surface area contributed by atoms with Crippen LogP contribution in [0.25, 0.3) is 0 Å². The van der Waals surface area contributed by atoms with Gasteiger partial charge >= 0.3 is 0 Å². The number of ether oxygens (including phenoxy) is 1. The predicted molar refractivity (Wildman–Crippen MR) is 117 cm³/mol. The van der Waals surface area contributed by atoms with Gasteiger partial charge in [0.05, 0.1) is 18.5 Å². The summed E-state index contributed by atoms with van der Waals surface area (Å²) in [6, 6.07) is 10.6. The summed E-state index contributed by atoms with van der Waals surface area (Å²) in [6.45, 7) is 7.90. The van der Waals surface area contributed by atoms with Gasteiger partial charge in [-0.05, 0) is 47.7 Å². The summed E-state index contributed by atoms with van der Waals surface area (Å²) in [5.74, 6) is -0.0825. The third-order valence-electron chi connectivity index (χ3n) is 4.83. The molecule has 8 heteroatoms. The van der Waals surface area contributed by atoms with Gasteiger partial charge in [-0.15, -0.1) is 0 Å². The average molecular weight is 437 g/mol. The Morgan fingerprint density at radius 2 is 1.90 bits per heavy atom. The van der Waals surface area contributed by atoms with Crippen LogP contribution in [0.15, 0.2) is 36.4 Å². The molecule has 1 amide bonds. The Morgan fingerprint density at radius 1 is 1.21 bits per heavy atom. The summed E-state index contributed by atoms with van der Waals surface area (Å²) >= 11 is 6.11. The van der Waals surface area contributed by atoms with E-state index in [1.54, 1.807) is 24.3 Å². The van der Waals surface area contributed by atoms with Gasteiger partial charge in [0.15, 0.2) is 6.10 Å². The number of nitrogens with one attached hydrogen (secondary N) is 1. The molecule has 3 rings (SSSR count). The number of rotatable bonds is 3. The molecule has 0 bridgehead atoms. The number of fused-ring (bicyclic) bond motifs is 1. The number of amides is 1. The van der Waals surface area contributed by atoms with E-state index >= 15 is 0 Å². The normalized spacial score (nSPS) is 16.8. The molecule has 2 aromatic carbocycles. The maximum absolute atomic E-state index is 12.8. The van der Waals surface area contributed by atoms with E-state index < -0.39 is 22.0 Å². The maximum atomic E-state index is 12.8. The topological polar surface area (TPSA) is 75.7 Å². The highest BCUT2D eigenvalue weighted by Crippen LogP contribution is 2.38. The van der Waals surface area contributed by atoms with E-state index in [9.17, 15) is 13.2 Å². The molecule has 6 nitrogen and oxygen atoms in total. The standard InChI is InChI=1S/C21H25ClN2O4S/c1-13-6-8-15(11-16(13)22)23-20(25)19-12-24(29(5,26)27)17-10-14(21(2,3)4)7-9-18(17)28-19/h6-11,19H,12H2,1-5H3,(H,23,25)/t19-/m1/s1. The first kappa shape index (κ1) is 21.5. The molecule has 0 aromatic heterocycles. The average Bonchev–Trinajstić information content (AvgIpc) is 2.61. The van der Waals surface area contributed by atoms with Gasteiger partial charge in [0, 0.05) is 10.7 Å². The first-order valence-electron chi connectivity index (χ1n) is 9.22. The Bertz CT molecular complexity index is 1060. The molecule has 0 saturated heterocycles. The third-order valence-corrected chi connectivity index (χ3v) is 6.38. The lowest BCUT2D eigenvalue weighted by Crippen LogP contribution is -2.48. The SMILES string of the molecule is Cc1ccc(NC(=O)[C@H]2CN(S(C)(=O)=O)c3cc(C(C)(C)C)ccc3O2)cc1Cl. The predicted octanol–water partition coefficient (Wildman–Crippen LogP) is 4.11. The van der Waals surface area contributed by atoms with Crippen molar-refractivity contribution in [1.29, 1.82) is 0 Å². The van der Waals surface area contributed by atoms with Gasteiger partial charge < -0.3 is 10.1 Å². The molecule has 0 saturated carbocycles. The number of hydrogen-bond donors (Lipinski definition) is 1. The summed E-state index contributed by atoms with van der Waals surface area (Å²) in [6.07, 6.45) is 0.137. The van der Waals surface area contributed by atoms with Gasteiger partial charge in [0.1, 0.15) is 5.75 Å². The van der Waals surface area contributed by atoms with Crippen LogP contribution < -0.4 is 14.4 Å². The second kappa shape index (κ2) is 7.54. The minimum absolute atomic E-state index is 0.106. The second-order valence-electron chi connectivity index (χ2n) is 8.29. The Kier molecular flexibility index (Phi) is 5.58. The highest BCUT2D eigenvalue weighted by Gasteiger charge is 2.36. The van der Waals surface area contributed by atoms with Crippen LogP contribution in [0, 0.1) is 6.92 Å². The molecule has 1 atom stereocenters. The molecular formula is C21H25ClN2O4S. The number of halogens is 1. The van der Waals surface area contributed by atoms with Crippen molar-refractivity contribution in [1.82, 2.24) is 0 Å². The number of aryl methyl sites for hydroxylation is 1. The summed E-state index contributed by atoms with van der Waals surface area (Å²) in [5.41, 5.74) is 2.68. The van der Waals surface area contributed by atoms with Crippen molar-refractivity contribution < 1.29 is 17.9 Å². The number of hydrogen-bond acceptors (Lipinski definition) is 4. The first-order valence-corrected chi connectivity index (χ1v) is 11.4. The Hall–Kier alpha value is -2.25. The van der Waals surface area contributed by atoms with Gasteiger partial charge in [0.25, 0.3) is 5.91 Å². The lowest BCUT2D eigenvalue weighted by molar-refractivity contribution is -0.122. The van der Waals surface area contributed by atoms with Gasteiger partial charge in [-0.25, -0.2) is 8.42 Å². The molecule has 0 unspecified atom stereocenters. The van der Waals surface area contributed by atoms with Crippen molar-refractivity contribution in [3.63, 3.8) is 0 Å². The summed E-state index contributed by atoms with van der Waals surface area (Å²) < 4.78 is 32.0. The van der Waals surface area contributed by atoms with Crippen LogP contribution >= 0.6 is 11.6 Å². The molecular weight excluding hydrogens is 412 g/mol. The number of nitrogens with zero attached hydrogens (tertiary/aromatic N) is 1. The van der Waals surface area contributed by atoms with Gasteiger partial charge in [-0.3, -0.25) is 9.10 Å². The van der Waals surface area contributed by atoms with Crippen LogP contribution in [-0.4, -0.2) is 33.2 Å². The minimum atomic E-state index is -3.60. The van der Waals surface area contributed by atoms with Crippen LogP contribution in [0.4, 0.5) is 11.4 Å². The van der Waals surface area contributed by atoms with Crippen molar-refractivity contribution in [2.24, 2.45) is 0 Å². The minimum Gasteiger partial charge on any atom is -0.476 e. The fourth-order valence-corrected chi connectivity index (χ4v) is 4.15. The van der Waals surface area contributed by atoms with Gasteiger partial charge in [-0.2, -0.15) is 0 Å². The molecule has 1 aliphatic rings. The Labute approximate surface area is 176 Å². The first-order chi connectivity index (χ1) is 13.4. The van der Waals surface area contributed by atoms with Crippen LogP contribution in [0.5, 0.6) is 5.75 Å². The van der Waals surface area contributed by atoms with Crippen molar-refractivity contribution >= 4 is 38.9 Å². The summed E-state index contributed by atoms with van der Waals surface area (Å²) in [5, 5.41) is 3.28. The fourth-order valence-electron chi connectivity index (χ4n) is 3.06. The molecule has 0 radical (unpaired) electrons. The molecule has 1 N–H and O–H groups in total. The van der Waals surface area contributed by atoms with Crippen molar-refractivity contribution in [3.8, 4) is 5.75 Å². The molecule has 1 heterocycles. The van der Waals surface area contributed by atoms with Crippen molar-refractivity contribution in [2.75, 3.05) is 22.4 Å². The van der Waals surface area contributed by atoms with Gasteiger partial charge in [-0.1, -0.05) is 44.5 Å². The molecule has 0 spiro atoms. The Morgan fingerprint density at radius 3 is 2.48 bits per heavy atom. The summed E-state index contributed by atoms with van der Waals surface area (Å²) in [7, 11) is -3.60. The molecule has 2 aromatic rings. The van der Waals surface area contributed by atoms with E-state index in [1.165, 1.54) is 4.31 Å². The van der Waals surface area contributed by atoms with Crippen molar-refractivity contribution in [2.45, 2.75) is 39.2 Å². The molecule has 0 fully saturated rings. The number of anilines is 2. The van der Waals surface area contributed by atoms with E-state index in [4.69, 9.17) is 16.3 Å². The van der Waals surface area contributed by atoms with Crippen molar-refractivity contribution in [3.05, 3.63) is 52.5 Å². The smallest absolute Gasteiger partial charge is 0.267 e. The highest BCUT2D eigenvalue weighted by molar-refractivity contribution is 7.92. The number of carbonyl (C=O) groups is 1. The lowest BCUT2D eigenvalue weighted by Gasteiger charge is -2.35. The van der Waals surface area contributed by atoms with Crippen LogP contribution in [-0.2, 0) is 20.2 Å². The van der Waals surface area contributed by atoms with Crippen LogP contribution in [0.2, 0.25) is 5.02 Å². The lowest BCUT2D eigenvalue weighted by atomic mass is 9.86. The fraction of sp³-hybridized carbons (Fsp3) is 0.381. The quantitative estimate of drug-likeness (QED) is 0.785. The zero-order chi connectivity index (χ0) is 21.6. The van der Waals surface area contributed by atoms with Crippen LogP contribution in [0.3, 0.4) is 0 Å². The van der Waals surface area contributed by atoms with Gasteiger partial charge in [0.2, 0.25) is 10.0 Å². The largest absolute Gasteiger partial charge is 0.476 e. The zero-order valence-corrected chi connectivity index (χ0v) is 18.7. The highest BCUT2D eigenvalue weighted by atomic mass is 35.5. The molecule has 1 aliphatic heterocycles. The number of benzene rings is 2. The molecule has 0 aliphatic carbocycles. The maximum Gasteiger partial charge on any atom is 0.267 e. The second-order valence-corrected chi connectivity index (χ2v) is 10.6. The zero-order valence-electron chi connectivity index (χ0n) is 17.1. The van der Waals surface area contributed by atoms with E-state index in [0.29, 0.717) is 22.1 Å². The Balaban J connectivity index is 1.92. The van der Waals surface area contributed by atoms with E-state index in [1.807, 2.05) is 39.8 Å². The third kappa shape index (κ3) is 4.67. The van der Waals surface area contributed by atoms with E-state index in [0.717, 1.165) is 17.4 Å². The number of carbonyl (C=O) groups excluding carboxylic acids is 1. The summed E-state index contributed by atoms with van der Waals surface area (Å²) in [4.78, 5) is 12.8. The molecule has 156 valence electrons. The van der Waals surface area contributed by atoms with E-state index in [-0.39, 0.29) is 12.0 Å². The van der Waals surface area contributed by atoms with E-state index in [2.05, 4.69) is 5.32 Å². The monoisotopic (exact) mass is 436 g/mol. The van der Waals surface area contributed by atoms with Crippen LogP contribution in [0.1, 0.15) is 31.9 Å².